The average Bonchev–Trinajstić information content (AvgIpc) is 2.94. The lowest BCUT2D eigenvalue weighted by molar-refractivity contribution is -0.118. The summed E-state index contributed by atoms with van der Waals surface area (Å²) in [4.78, 5) is 32.4. The fourth-order valence-electron chi connectivity index (χ4n) is 5.00. The predicted octanol–water partition coefficient (Wildman–Crippen LogP) is 3.97. The quantitative estimate of drug-likeness (QED) is 0.414. The maximum Gasteiger partial charge on any atom is 0.321 e. The predicted molar refractivity (Wildman–Crippen MR) is 136 cm³/mol. The van der Waals surface area contributed by atoms with Crippen LogP contribution in [0.1, 0.15) is 42.0 Å². The van der Waals surface area contributed by atoms with Gasteiger partial charge in [0.1, 0.15) is 5.82 Å². The Morgan fingerprint density at radius 1 is 1.21 bits per heavy atom. The summed E-state index contributed by atoms with van der Waals surface area (Å²) in [5.41, 5.74) is 0.302. The SMILES string of the molecule is [C-]#[N+]C1(c2ccc(F)cc2C#N)CCN(CCCNC(=O)C2=CN(C)C(=O)NC2c2ccc(F)c(F)c2)CC1. The van der Waals surface area contributed by atoms with E-state index in [9.17, 15) is 28.0 Å². The summed E-state index contributed by atoms with van der Waals surface area (Å²) >= 11 is 0. The first-order valence-electron chi connectivity index (χ1n) is 12.5. The van der Waals surface area contributed by atoms with E-state index in [1.807, 2.05) is 6.07 Å². The lowest BCUT2D eigenvalue weighted by Gasteiger charge is -2.34. The number of nitrogens with one attached hydrogen (secondary N) is 2. The van der Waals surface area contributed by atoms with Gasteiger partial charge in [-0.1, -0.05) is 6.07 Å². The Kier molecular flexibility index (Phi) is 8.22. The first-order valence-corrected chi connectivity index (χ1v) is 12.5. The van der Waals surface area contributed by atoms with Crippen LogP contribution in [0.4, 0.5) is 18.0 Å². The van der Waals surface area contributed by atoms with Crippen molar-refractivity contribution in [3.63, 3.8) is 0 Å². The number of amides is 3. The molecular formula is C28H27F3N6O2. The molecule has 2 N–H and O–H groups in total. The lowest BCUT2D eigenvalue weighted by atomic mass is 9.79. The number of rotatable bonds is 7. The zero-order chi connectivity index (χ0) is 28.2. The van der Waals surface area contributed by atoms with E-state index in [0.717, 1.165) is 12.1 Å². The fourth-order valence-corrected chi connectivity index (χ4v) is 5.00. The molecule has 0 radical (unpaired) electrons. The zero-order valence-corrected chi connectivity index (χ0v) is 21.3. The second kappa shape index (κ2) is 11.6. The van der Waals surface area contributed by atoms with E-state index in [0.29, 0.717) is 51.0 Å². The van der Waals surface area contributed by atoms with Gasteiger partial charge in [0.15, 0.2) is 11.6 Å². The summed E-state index contributed by atoms with van der Waals surface area (Å²) in [6.45, 7) is 10.0. The van der Waals surface area contributed by atoms with Gasteiger partial charge in [-0.15, -0.1) is 0 Å². The van der Waals surface area contributed by atoms with E-state index in [1.165, 1.54) is 42.4 Å². The second-order valence-electron chi connectivity index (χ2n) is 9.65. The molecule has 0 spiro atoms. The Morgan fingerprint density at radius 3 is 2.62 bits per heavy atom. The van der Waals surface area contributed by atoms with Crippen LogP contribution in [0.25, 0.3) is 4.85 Å². The number of carbonyl (C=O) groups excluding carboxylic acids is 2. The van der Waals surface area contributed by atoms with Crippen molar-refractivity contribution < 1.29 is 22.8 Å². The van der Waals surface area contributed by atoms with E-state index < -0.39 is 41.0 Å². The number of carbonyl (C=O) groups is 2. The molecule has 1 atom stereocenters. The minimum absolute atomic E-state index is 0.183. The van der Waals surface area contributed by atoms with Gasteiger partial charge in [0.05, 0.1) is 28.8 Å². The molecule has 2 aromatic rings. The van der Waals surface area contributed by atoms with Crippen molar-refractivity contribution in [2.45, 2.75) is 30.8 Å². The van der Waals surface area contributed by atoms with Crippen LogP contribution in [-0.2, 0) is 10.3 Å². The third-order valence-electron chi connectivity index (χ3n) is 7.21. The molecule has 0 bridgehead atoms. The first-order chi connectivity index (χ1) is 18.7. The zero-order valence-electron chi connectivity index (χ0n) is 21.3. The summed E-state index contributed by atoms with van der Waals surface area (Å²) < 4.78 is 40.8. The van der Waals surface area contributed by atoms with Crippen molar-refractivity contribution in [3.8, 4) is 6.07 Å². The summed E-state index contributed by atoms with van der Waals surface area (Å²) in [7, 11) is 1.48. The molecule has 4 rings (SSSR count). The van der Waals surface area contributed by atoms with Gasteiger partial charge >= 0.3 is 6.03 Å². The van der Waals surface area contributed by atoms with Crippen LogP contribution in [0.3, 0.4) is 0 Å². The Balaban J connectivity index is 1.32. The molecule has 8 nitrogen and oxygen atoms in total. The molecule has 11 heteroatoms. The van der Waals surface area contributed by atoms with E-state index in [4.69, 9.17) is 6.57 Å². The molecule has 2 aliphatic rings. The molecule has 2 aromatic carbocycles. The number of likely N-dealkylation sites (tertiary alicyclic amines) is 1. The largest absolute Gasteiger partial charge is 0.352 e. The van der Waals surface area contributed by atoms with Gasteiger partial charge in [-0.05, 0) is 48.9 Å². The van der Waals surface area contributed by atoms with Crippen LogP contribution in [0, 0.1) is 35.4 Å². The van der Waals surface area contributed by atoms with Crippen molar-refractivity contribution in [3.05, 3.63) is 93.7 Å². The van der Waals surface area contributed by atoms with Gasteiger partial charge in [-0.3, -0.25) is 4.79 Å². The Morgan fingerprint density at radius 2 is 1.95 bits per heavy atom. The number of nitrogens with zero attached hydrogens (tertiary/aromatic N) is 4. The monoisotopic (exact) mass is 536 g/mol. The fraction of sp³-hybridized carbons (Fsp3) is 0.357. The minimum atomic E-state index is -1.08. The molecule has 1 unspecified atom stereocenters. The number of benzene rings is 2. The summed E-state index contributed by atoms with van der Waals surface area (Å²) in [5.74, 6) is -3.05. The first kappa shape index (κ1) is 27.7. The number of halogens is 3. The van der Waals surface area contributed by atoms with E-state index in [-0.39, 0.29) is 16.7 Å². The van der Waals surface area contributed by atoms with Crippen LogP contribution in [-0.4, -0.2) is 55.0 Å². The smallest absolute Gasteiger partial charge is 0.321 e. The molecule has 1 saturated heterocycles. The molecule has 1 fully saturated rings. The molecule has 39 heavy (non-hydrogen) atoms. The summed E-state index contributed by atoms with van der Waals surface area (Å²) in [5, 5.41) is 14.9. The third kappa shape index (κ3) is 5.89. The molecule has 202 valence electrons. The highest BCUT2D eigenvalue weighted by molar-refractivity contribution is 5.97. The maximum absolute atomic E-state index is 13.8. The summed E-state index contributed by atoms with van der Waals surface area (Å²) in [6.07, 6.45) is 2.98. The van der Waals surface area contributed by atoms with E-state index in [2.05, 4.69) is 20.4 Å². The minimum Gasteiger partial charge on any atom is -0.352 e. The number of hydrogen-bond acceptors (Lipinski definition) is 4. The van der Waals surface area contributed by atoms with Gasteiger partial charge in [-0.2, -0.15) is 5.26 Å². The maximum atomic E-state index is 13.8. The van der Waals surface area contributed by atoms with Crippen molar-refractivity contribution in [1.82, 2.24) is 20.4 Å². The normalized spacial score (nSPS) is 18.9. The Bertz CT molecular complexity index is 1390. The highest BCUT2D eigenvalue weighted by Crippen LogP contribution is 2.39. The van der Waals surface area contributed by atoms with Crippen LogP contribution < -0.4 is 10.6 Å². The third-order valence-corrected chi connectivity index (χ3v) is 7.21. The van der Waals surface area contributed by atoms with Gasteiger partial charge in [0.2, 0.25) is 0 Å². The average molecular weight is 537 g/mol. The highest BCUT2D eigenvalue weighted by Gasteiger charge is 2.44. The summed E-state index contributed by atoms with van der Waals surface area (Å²) in [6, 6.07) is 7.79. The second-order valence-corrected chi connectivity index (χ2v) is 9.65. The van der Waals surface area contributed by atoms with Gasteiger partial charge in [0.25, 0.3) is 11.4 Å². The van der Waals surface area contributed by atoms with Crippen LogP contribution in [0.5, 0.6) is 0 Å². The topological polar surface area (TPSA) is 92.8 Å². The number of piperidine rings is 1. The molecule has 0 aromatic heterocycles. The van der Waals surface area contributed by atoms with Crippen LogP contribution in [0.15, 0.2) is 48.2 Å². The molecule has 0 saturated carbocycles. The molecule has 2 aliphatic heterocycles. The molecule has 2 heterocycles. The number of hydrogen-bond donors (Lipinski definition) is 2. The van der Waals surface area contributed by atoms with Gasteiger partial charge in [0, 0.05) is 45.7 Å². The Labute approximate surface area is 224 Å². The van der Waals surface area contributed by atoms with Crippen molar-refractivity contribution in [2.75, 3.05) is 33.2 Å². The van der Waals surface area contributed by atoms with Crippen molar-refractivity contribution in [1.29, 1.82) is 5.26 Å². The van der Waals surface area contributed by atoms with Gasteiger partial charge in [-0.25, -0.2) is 24.5 Å². The Hall–Kier alpha value is -4.35. The molecule has 3 amide bonds. The van der Waals surface area contributed by atoms with E-state index >= 15 is 0 Å². The molecular weight excluding hydrogens is 509 g/mol. The number of nitriles is 1. The number of urea groups is 1. The van der Waals surface area contributed by atoms with Crippen LogP contribution >= 0.6 is 0 Å². The van der Waals surface area contributed by atoms with Crippen LogP contribution in [0.2, 0.25) is 0 Å². The lowest BCUT2D eigenvalue weighted by Crippen LogP contribution is -2.46. The van der Waals surface area contributed by atoms with Crippen molar-refractivity contribution in [2.24, 2.45) is 0 Å². The highest BCUT2D eigenvalue weighted by atomic mass is 19.2. The van der Waals surface area contributed by atoms with E-state index in [1.54, 1.807) is 0 Å². The van der Waals surface area contributed by atoms with Gasteiger partial charge < -0.3 is 25.3 Å². The molecule has 0 aliphatic carbocycles. The standard InChI is InChI=1S/C28H27F3N6O2/c1-33-28(22-6-5-20(29)14-19(22)16-32)8-12-37(13-9-28)11-3-10-34-26(38)21-17-36(2)27(39)35-25(21)18-4-7-23(30)24(31)15-18/h4-7,14-15,17,25H,3,8-13H2,2H3,(H,34,38)(H,35,39). The van der Waals surface area contributed by atoms with Crippen molar-refractivity contribution >= 4 is 11.9 Å².